The monoisotopic (exact) mass is 278 g/mol. The SMILES string of the molecule is Cc1cc(NC(=S)NC(=O)c2ccnn2C)n(C)n1. The molecule has 7 nitrogen and oxygen atoms in total. The molecule has 0 aliphatic rings. The molecule has 8 heteroatoms. The summed E-state index contributed by atoms with van der Waals surface area (Å²) in [5, 5.41) is 13.8. The number of carbonyl (C=O) groups is 1. The van der Waals surface area contributed by atoms with Gasteiger partial charge in [-0.2, -0.15) is 10.2 Å². The molecule has 2 aromatic heterocycles. The fourth-order valence-electron chi connectivity index (χ4n) is 1.64. The first-order valence-electron chi connectivity index (χ1n) is 5.58. The number of thiocarbonyl (C=S) groups is 1. The highest BCUT2D eigenvalue weighted by Crippen LogP contribution is 2.07. The van der Waals surface area contributed by atoms with E-state index in [-0.39, 0.29) is 11.0 Å². The van der Waals surface area contributed by atoms with Crippen molar-refractivity contribution < 1.29 is 4.79 Å². The van der Waals surface area contributed by atoms with Gasteiger partial charge in [-0.3, -0.25) is 19.5 Å². The van der Waals surface area contributed by atoms with E-state index in [0.717, 1.165) is 5.69 Å². The maximum Gasteiger partial charge on any atom is 0.275 e. The van der Waals surface area contributed by atoms with Gasteiger partial charge in [0.05, 0.1) is 5.69 Å². The molecule has 19 heavy (non-hydrogen) atoms. The molecule has 100 valence electrons. The van der Waals surface area contributed by atoms with Crippen molar-refractivity contribution in [1.29, 1.82) is 0 Å². The first-order valence-corrected chi connectivity index (χ1v) is 5.99. The van der Waals surface area contributed by atoms with Crippen LogP contribution in [0.3, 0.4) is 0 Å². The van der Waals surface area contributed by atoms with E-state index < -0.39 is 0 Å². The molecule has 0 bridgehead atoms. The van der Waals surface area contributed by atoms with Crippen LogP contribution in [0.25, 0.3) is 0 Å². The summed E-state index contributed by atoms with van der Waals surface area (Å²) in [5.41, 5.74) is 1.30. The van der Waals surface area contributed by atoms with Gasteiger partial charge in [-0.25, -0.2) is 0 Å². The second kappa shape index (κ2) is 5.19. The van der Waals surface area contributed by atoms with Gasteiger partial charge in [0.1, 0.15) is 11.5 Å². The summed E-state index contributed by atoms with van der Waals surface area (Å²) < 4.78 is 3.13. The Hall–Kier alpha value is -2.22. The highest BCUT2D eigenvalue weighted by atomic mass is 32.1. The number of hydrogen-bond donors (Lipinski definition) is 2. The molecule has 0 saturated heterocycles. The summed E-state index contributed by atoms with van der Waals surface area (Å²) in [4.78, 5) is 11.9. The van der Waals surface area contributed by atoms with Gasteiger partial charge in [0.25, 0.3) is 5.91 Å². The fraction of sp³-hybridized carbons (Fsp3) is 0.273. The molecule has 0 fully saturated rings. The van der Waals surface area contributed by atoms with E-state index in [1.807, 2.05) is 13.0 Å². The van der Waals surface area contributed by atoms with Crippen LogP contribution in [0, 0.1) is 6.92 Å². The third-order valence-electron chi connectivity index (χ3n) is 2.52. The van der Waals surface area contributed by atoms with Crippen LogP contribution in [-0.4, -0.2) is 30.6 Å². The molecular weight excluding hydrogens is 264 g/mol. The van der Waals surface area contributed by atoms with E-state index in [9.17, 15) is 4.79 Å². The number of nitrogens with one attached hydrogen (secondary N) is 2. The number of amides is 1. The molecule has 0 unspecified atom stereocenters. The number of carbonyl (C=O) groups excluding carboxylic acids is 1. The summed E-state index contributed by atoms with van der Waals surface area (Å²) in [6.07, 6.45) is 1.55. The average Bonchev–Trinajstić information content (AvgIpc) is 2.85. The molecule has 1 amide bonds. The molecule has 0 aliphatic heterocycles. The number of anilines is 1. The van der Waals surface area contributed by atoms with Gasteiger partial charge in [0.15, 0.2) is 5.11 Å². The average molecular weight is 278 g/mol. The molecular formula is C11H14N6OS. The third-order valence-corrected chi connectivity index (χ3v) is 2.73. The van der Waals surface area contributed by atoms with E-state index in [1.165, 1.54) is 4.68 Å². The van der Waals surface area contributed by atoms with Gasteiger partial charge in [-0.05, 0) is 25.2 Å². The normalized spacial score (nSPS) is 10.3. The number of rotatable bonds is 2. The van der Waals surface area contributed by atoms with Crippen molar-refractivity contribution in [1.82, 2.24) is 24.9 Å². The van der Waals surface area contributed by atoms with Gasteiger partial charge in [0.2, 0.25) is 0 Å². The van der Waals surface area contributed by atoms with Gasteiger partial charge in [-0.15, -0.1) is 0 Å². The zero-order chi connectivity index (χ0) is 14.0. The second-order valence-corrected chi connectivity index (χ2v) is 4.45. The van der Waals surface area contributed by atoms with Crippen molar-refractivity contribution in [3.05, 3.63) is 29.7 Å². The smallest absolute Gasteiger partial charge is 0.275 e. The van der Waals surface area contributed by atoms with Crippen molar-refractivity contribution in [2.45, 2.75) is 6.92 Å². The molecule has 2 aromatic rings. The minimum atomic E-state index is -0.309. The van der Waals surface area contributed by atoms with E-state index in [4.69, 9.17) is 12.2 Å². The minimum Gasteiger partial charge on any atom is -0.317 e. The van der Waals surface area contributed by atoms with Crippen molar-refractivity contribution in [2.75, 3.05) is 5.32 Å². The zero-order valence-corrected chi connectivity index (χ0v) is 11.7. The van der Waals surface area contributed by atoms with Crippen LogP contribution in [0.15, 0.2) is 18.3 Å². The van der Waals surface area contributed by atoms with Gasteiger partial charge >= 0.3 is 0 Å². The number of nitrogens with zero attached hydrogens (tertiary/aromatic N) is 4. The number of aryl methyl sites for hydroxylation is 3. The topological polar surface area (TPSA) is 76.8 Å². The van der Waals surface area contributed by atoms with E-state index in [2.05, 4.69) is 20.8 Å². The van der Waals surface area contributed by atoms with E-state index >= 15 is 0 Å². The van der Waals surface area contributed by atoms with Crippen LogP contribution in [-0.2, 0) is 14.1 Å². The summed E-state index contributed by atoms with van der Waals surface area (Å²) in [6, 6.07) is 3.45. The van der Waals surface area contributed by atoms with Crippen LogP contribution < -0.4 is 10.6 Å². The summed E-state index contributed by atoms with van der Waals surface area (Å²) in [7, 11) is 3.48. The second-order valence-electron chi connectivity index (χ2n) is 4.04. The quantitative estimate of drug-likeness (QED) is 0.786. The summed E-state index contributed by atoms with van der Waals surface area (Å²) in [5.74, 6) is 0.407. The highest BCUT2D eigenvalue weighted by Gasteiger charge is 2.12. The lowest BCUT2D eigenvalue weighted by Crippen LogP contribution is -2.35. The first kappa shape index (κ1) is 13.2. The standard InChI is InChI=1S/C11H14N6OS/c1-7-6-9(17(3)15-7)13-11(19)14-10(18)8-4-5-12-16(8)2/h4-6H,1-3H3,(H2,13,14,18,19). The minimum absolute atomic E-state index is 0.217. The van der Waals surface area contributed by atoms with Gasteiger partial charge in [0, 0.05) is 26.4 Å². The Morgan fingerprint density at radius 3 is 2.63 bits per heavy atom. The Kier molecular flexibility index (Phi) is 3.61. The molecule has 0 aliphatic carbocycles. The predicted octanol–water partition coefficient (Wildman–Crippen LogP) is 0.589. The fourth-order valence-corrected chi connectivity index (χ4v) is 1.84. The third kappa shape index (κ3) is 2.97. The molecule has 0 saturated carbocycles. The van der Waals surface area contributed by atoms with Crippen molar-refractivity contribution in [3.8, 4) is 0 Å². The maximum absolute atomic E-state index is 11.9. The Morgan fingerprint density at radius 2 is 2.11 bits per heavy atom. The molecule has 2 N–H and O–H groups in total. The molecule has 0 spiro atoms. The number of hydrogen-bond acceptors (Lipinski definition) is 4. The Bertz CT molecular complexity index is 629. The largest absolute Gasteiger partial charge is 0.317 e. The summed E-state index contributed by atoms with van der Waals surface area (Å²) in [6.45, 7) is 1.88. The molecule has 2 rings (SSSR count). The maximum atomic E-state index is 11.9. The van der Waals surface area contributed by atoms with E-state index in [1.54, 1.807) is 31.0 Å². The van der Waals surface area contributed by atoms with Crippen molar-refractivity contribution >= 4 is 29.1 Å². The lowest BCUT2D eigenvalue weighted by molar-refractivity contribution is 0.0968. The van der Waals surface area contributed by atoms with Crippen LogP contribution in [0.4, 0.5) is 5.82 Å². The van der Waals surface area contributed by atoms with Crippen LogP contribution in [0.5, 0.6) is 0 Å². The van der Waals surface area contributed by atoms with Crippen molar-refractivity contribution in [3.63, 3.8) is 0 Å². The van der Waals surface area contributed by atoms with E-state index in [0.29, 0.717) is 11.5 Å². The molecule has 0 aromatic carbocycles. The van der Waals surface area contributed by atoms with Gasteiger partial charge < -0.3 is 5.32 Å². The van der Waals surface area contributed by atoms with Crippen molar-refractivity contribution in [2.24, 2.45) is 14.1 Å². The Balaban J connectivity index is 2.01. The Morgan fingerprint density at radius 1 is 1.37 bits per heavy atom. The number of aromatic nitrogens is 4. The predicted molar refractivity (Wildman–Crippen MR) is 74.8 cm³/mol. The molecule has 0 atom stereocenters. The highest BCUT2D eigenvalue weighted by molar-refractivity contribution is 7.80. The van der Waals surface area contributed by atoms with Gasteiger partial charge in [-0.1, -0.05) is 0 Å². The van der Waals surface area contributed by atoms with Crippen LogP contribution >= 0.6 is 12.2 Å². The van der Waals surface area contributed by atoms with Crippen LogP contribution in [0.2, 0.25) is 0 Å². The summed E-state index contributed by atoms with van der Waals surface area (Å²) >= 11 is 5.08. The molecule has 0 radical (unpaired) electrons. The van der Waals surface area contributed by atoms with Crippen LogP contribution in [0.1, 0.15) is 16.2 Å². The zero-order valence-electron chi connectivity index (χ0n) is 10.8. The lowest BCUT2D eigenvalue weighted by atomic mass is 10.4. The molecule has 2 heterocycles. The Labute approximate surface area is 115 Å². The lowest BCUT2D eigenvalue weighted by Gasteiger charge is -2.09. The first-order chi connectivity index (χ1) is 8.97.